The summed E-state index contributed by atoms with van der Waals surface area (Å²) in [6.07, 6.45) is 2.32. The minimum absolute atomic E-state index is 0.227. The Balaban J connectivity index is 1.74. The van der Waals surface area contributed by atoms with Gasteiger partial charge >= 0.3 is 0 Å². The number of anilines is 2. The molecule has 0 radical (unpaired) electrons. The zero-order valence-corrected chi connectivity index (χ0v) is 13.4. The lowest BCUT2D eigenvalue weighted by Crippen LogP contribution is -2.25. The molecule has 7 heteroatoms. The molecule has 0 atom stereocenters. The maximum Gasteiger partial charge on any atom is 0.235 e. The molecule has 1 aliphatic rings. The van der Waals surface area contributed by atoms with Gasteiger partial charge in [-0.3, -0.25) is 4.31 Å². The third-order valence-corrected chi connectivity index (χ3v) is 5.60. The summed E-state index contributed by atoms with van der Waals surface area (Å²) in [5, 5.41) is 3.68. The number of hydrogen-bond donors (Lipinski definition) is 1. The fraction of sp³-hybridized carbons (Fsp3) is 0.267. The average Bonchev–Trinajstić information content (AvgIpc) is 2.85. The first-order valence-corrected chi connectivity index (χ1v) is 8.98. The predicted octanol–water partition coefficient (Wildman–Crippen LogP) is 2.89. The normalized spacial score (nSPS) is 16.7. The average molecular weight is 338 g/mol. The minimum Gasteiger partial charge on any atom is -0.381 e. The summed E-state index contributed by atoms with van der Waals surface area (Å²) in [5.41, 5.74) is 2.61. The van der Waals surface area contributed by atoms with Crippen molar-refractivity contribution in [2.24, 2.45) is 0 Å². The Labute approximate surface area is 135 Å². The Morgan fingerprint density at radius 1 is 1.27 bits per heavy atom. The van der Waals surface area contributed by atoms with Crippen molar-refractivity contribution in [1.29, 1.82) is 0 Å². The fourth-order valence-electron chi connectivity index (χ4n) is 2.47. The molecular formula is C15H16ClN3O2S. The van der Waals surface area contributed by atoms with Crippen molar-refractivity contribution in [3.8, 4) is 0 Å². The highest BCUT2D eigenvalue weighted by atomic mass is 35.5. The Hall–Kier alpha value is -1.79. The Bertz CT molecular complexity index is 780. The molecule has 2 aromatic rings. The SMILES string of the molecule is O=S1(=O)CCCN1c1cccc(CNc2ccnc(Cl)c2)c1. The first-order valence-electron chi connectivity index (χ1n) is 6.99. The first-order chi connectivity index (χ1) is 10.5. The van der Waals surface area contributed by atoms with E-state index in [-0.39, 0.29) is 5.75 Å². The zero-order chi connectivity index (χ0) is 15.6. The van der Waals surface area contributed by atoms with Gasteiger partial charge in [0.25, 0.3) is 0 Å². The van der Waals surface area contributed by atoms with Crippen molar-refractivity contribution >= 4 is 33.0 Å². The van der Waals surface area contributed by atoms with Crippen LogP contribution in [0.5, 0.6) is 0 Å². The van der Waals surface area contributed by atoms with E-state index in [0.717, 1.165) is 16.9 Å². The summed E-state index contributed by atoms with van der Waals surface area (Å²) in [7, 11) is -3.14. The topological polar surface area (TPSA) is 62.3 Å². The maximum absolute atomic E-state index is 12.0. The van der Waals surface area contributed by atoms with Crippen molar-refractivity contribution in [3.63, 3.8) is 0 Å². The van der Waals surface area contributed by atoms with E-state index in [1.165, 1.54) is 4.31 Å². The van der Waals surface area contributed by atoms with Crippen molar-refractivity contribution in [3.05, 3.63) is 53.3 Å². The Morgan fingerprint density at radius 2 is 2.14 bits per heavy atom. The summed E-state index contributed by atoms with van der Waals surface area (Å²) in [6.45, 7) is 1.14. The van der Waals surface area contributed by atoms with Crippen LogP contribution in [0.25, 0.3) is 0 Å². The van der Waals surface area contributed by atoms with E-state index in [4.69, 9.17) is 11.6 Å². The second kappa shape index (κ2) is 6.14. The van der Waals surface area contributed by atoms with Gasteiger partial charge in [0.1, 0.15) is 5.15 Å². The van der Waals surface area contributed by atoms with Crippen LogP contribution in [0, 0.1) is 0 Å². The number of rotatable bonds is 4. The summed E-state index contributed by atoms with van der Waals surface area (Å²) < 4.78 is 25.4. The highest BCUT2D eigenvalue weighted by Crippen LogP contribution is 2.25. The molecule has 0 amide bonds. The van der Waals surface area contributed by atoms with Gasteiger partial charge in [0.05, 0.1) is 11.4 Å². The monoisotopic (exact) mass is 337 g/mol. The molecule has 1 fully saturated rings. The molecule has 0 spiro atoms. The molecule has 0 saturated carbocycles. The molecule has 5 nitrogen and oxygen atoms in total. The minimum atomic E-state index is -3.14. The number of nitrogens with zero attached hydrogens (tertiary/aromatic N) is 2. The van der Waals surface area contributed by atoms with Crippen molar-refractivity contribution < 1.29 is 8.42 Å². The number of sulfonamides is 1. The van der Waals surface area contributed by atoms with E-state index in [0.29, 0.717) is 24.7 Å². The van der Waals surface area contributed by atoms with E-state index >= 15 is 0 Å². The van der Waals surface area contributed by atoms with Gasteiger partial charge in [-0.05, 0) is 36.2 Å². The zero-order valence-electron chi connectivity index (χ0n) is 11.9. The Morgan fingerprint density at radius 3 is 2.86 bits per heavy atom. The van der Waals surface area contributed by atoms with Crippen molar-refractivity contribution in [2.45, 2.75) is 13.0 Å². The van der Waals surface area contributed by atoms with Crippen LogP contribution < -0.4 is 9.62 Å². The van der Waals surface area contributed by atoms with Crippen LogP contribution >= 0.6 is 11.6 Å². The first kappa shape index (κ1) is 15.1. The summed E-state index contributed by atoms with van der Waals surface area (Å²) in [6, 6.07) is 11.1. The number of hydrogen-bond acceptors (Lipinski definition) is 4. The summed E-state index contributed by atoms with van der Waals surface area (Å²) in [5.74, 6) is 0.227. The molecule has 116 valence electrons. The molecule has 0 bridgehead atoms. The number of pyridine rings is 1. The number of halogens is 1. The molecule has 1 aromatic carbocycles. The van der Waals surface area contributed by atoms with Crippen LogP contribution in [0.1, 0.15) is 12.0 Å². The molecule has 22 heavy (non-hydrogen) atoms. The lowest BCUT2D eigenvalue weighted by molar-refractivity contribution is 0.599. The molecule has 1 N–H and O–H groups in total. The molecule has 1 aliphatic heterocycles. The van der Waals surface area contributed by atoms with Crippen molar-refractivity contribution in [1.82, 2.24) is 4.98 Å². The van der Waals surface area contributed by atoms with Crippen molar-refractivity contribution in [2.75, 3.05) is 21.9 Å². The third kappa shape index (κ3) is 3.34. The molecular weight excluding hydrogens is 322 g/mol. The largest absolute Gasteiger partial charge is 0.381 e. The van der Waals surface area contributed by atoms with Crippen LogP contribution in [0.3, 0.4) is 0 Å². The molecule has 1 aromatic heterocycles. The van der Waals surface area contributed by atoms with Crippen LogP contribution in [-0.4, -0.2) is 25.7 Å². The fourth-order valence-corrected chi connectivity index (χ4v) is 4.20. The second-order valence-electron chi connectivity index (χ2n) is 5.13. The van der Waals surface area contributed by atoms with E-state index in [9.17, 15) is 8.42 Å². The number of aromatic nitrogens is 1. The summed E-state index contributed by atoms with van der Waals surface area (Å²) in [4.78, 5) is 3.93. The van der Waals surface area contributed by atoms with Crippen LogP contribution in [0.15, 0.2) is 42.6 Å². The van der Waals surface area contributed by atoms with E-state index in [1.54, 1.807) is 12.3 Å². The number of nitrogens with one attached hydrogen (secondary N) is 1. The van der Waals surface area contributed by atoms with Gasteiger partial charge in [0.2, 0.25) is 10.0 Å². The molecule has 1 saturated heterocycles. The van der Waals surface area contributed by atoms with Gasteiger partial charge < -0.3 is 5.32 Å². The van der Waals surface area contributed by atoms with Gasteiger partial charge in [-0.1, -0.05) is 23.7 Å². The second-order valence-corrected chi connectivity index (χ2v) is 7.53. The lowest BCUT2D eigenvalue weighted by atomic mass is 10.2. The van der Waals surface area contributed by atoms with Crippen LogP contribution in [-0.2, 0) is 16.6 Å². The molecule has 3 rings (SSSR count). The van der Waals surface area contributed by atoms with Crippen LogP contribution in [0.4, 0.5) is 11.4 Å². The molecule has 0 unspecified atom stereocenters. The maximum atomic E-state index is 12.0. The quantitative estimate of drug-likeness (QED) is 0.871. The van der Waals surface area contributed by atoms with Gasteiger partial charge in [0, 0.05) is 25.0 Å². The van der Waals surface area contributed by atoms with Crippen LogP contribution in [0.2, 0.25) is 5.15 Å². The third-order valence-electron chi connectivity index (χ3n) is 3.52. The predicted molar refractivity (Wildman–Crippen MR) is 88.8 cm³/mol. The highest BCUT2D eigenvalue weighted by Gasteiger charge is 2.28. The molecule has 2 heterocycles. The van der Waals surface area contributed by atoms with Gasteiger partial charge in [0.15, 0.2) is 0 Å². The van der Waals surface area contributed by atoms with E-state index < -0.39 is 10.0 Å². The van der Waals surface area contributed by atoms with Gasteiger partial charge in [-0.25, -0.2) is 13.4 Å². The number of benzene rings is 1. The standard InChI is InChI=1S/C15H16ClN3O2S/c16-15-10-13(5-6-17-15)18-11-12-3-1-4-14(9-12)19-7-2-8-22(19,20)21/h1,3-6,9-10H,2,7-8,11H2,(H,17,18). The Kier molecular flexibility index (Phi) is 4.22. The highest BCUT2D eigenvalue weighted by molar-refractivity contribution is 7.93. The lowest BCUT2D eigenvalue weighted by Gasteiger charge is -2.18. The van der Waals surface area contributed by atoms with Gasteiger partial charge in [-0.2, -0.15) is 0 Å². The van der Waals surface area contributed by atoms with E-state index in [1.807, 2.05) is 30.3 Å². The smallest absolute Gasteiger partial charge is 0.235 e. The van der Waals surface area contributed by atoms with Gasteiger partial charge in [-0.15, -0.1) is 0 Å². The summed E-state index contributed by atoms with van der Waals surface area (Å²) >= 11 is 5.84. The molecule has 0 aliphatic carbocycles. The van der Waals surface area contributed by atoms with E-state index in [2.05, 4.69) is 10.3 Å².